The third-order valence-electron chi connectivity index (χ3n) is 4.06. The van der Waals surface area contributed by atoms with Gasteiger partial charge in [-0.2, -0.15) is 0 Å². The van der Waals surface area contributed by atoms with Crippen LogP contribution in [0.5, 0.6) is 0 Å². The van der Waals surface area contributed by atoms with E-state index in [0.717, 1.165) is 5.56 Å². The van der Waals surface area contributed by atoms with Crippen molar-refractivity contribution in [2.75, 3.05) is 0 Å². The highest BCUT2D eigenvalue weighted by atomic mass is 19.3. The number of fused-ring (bicyclic) bond motifs is 1. The molecule has 2 nitrogen and oxygen atoms in total. The van der Waals surface area contributed by atoms with Gasteiger partial charge in [0.25, 0.3) is 5.92 Å². The Balaban J connectivity index is 1.95. The van der Waals surface area contributed by atoms with Gasteiger partial charge in [0.2, 0.25) is 0 Å². The van der Waals surface area contributed by atoms with E-state index in [1.54, 1.807) is 12.1 Å². The second-order valence-corrected chi connectivity index (χ2v) is 5.98. The lowest BCUT2D eigenvalue weighted by Gasteiger charge is -2.25. The first-order chi connectivity index (χ1) is 9.29. The van der Waals surface area contributed by atoms with E-state index >= 15 is 0 Å². The van der Waals surface area contributed by atoms with Crippen molar-refractivity contribution in [1.29, 1.82) is 0 Å². The first kappa shape index (κ1) is 13.6. The maximum Gasteiger partial charge on any atom is 0.563 e. The summed E-state index contributed by atoms with van der Waals surface area (Å²) in [5.41, 5.74) is 0.866. The molecule has 0 aromatic heterocycles. The summed E-state index contributed by atoms with van der Waals surface area (Å²) in [7, 11) is -0.652. The van der Waals surface area contributed by atoms with Gasteiger partial charge in [-0.1, -0.05) is 24.8 Å². The van der Waals surface area contributed by atoms with Crippen LogP contribution in [-0.4, -0.2) is 12.7 Å². The third kappa shape index (κ3) is 2.14. The normalized spacial score (nSPS) is 23.4. The van der Waals surface area contributed by atoms with Gasteiger partial charge in [0, 0.05) is 12.0 Å². The number of halogens is 2. The third-order valence-corrected chi connectivity index (χ3v) is 4.06. The molecule has 0 radical (unpaired) electrons. The molecule has 1 aliphatic carbocycles. The summed E-state index contributed by atoms with van der Waals surface area (Å²) in [4.78, 5) is 0. The minimum atomic E-state index is -2.76. The molecule has 20 heavy (non-hydrogen) atoms. The summed E-state index contributed by atoms with van der Waals surface area (Å²) >= 11 is 0. The van der Waals surface area contributed by atoms with Crippen LogP contribution in [0.1, 0.15) is 37.8 Å². The average Bonchev–Trinajstić information content (AvgIpc) is 2.63. The predicted octanol–water partition coefficient (Wildman–Crippen LogP) is 3.15. The Labute approximate surface area is 117 Å². The largest absolute Gasteiger partial charge is 0.563 e. The Kier molecular flexibility index (Phi) is 2.94. The topological polar surface area (TPSA) is 18.5 Å². The fraction of sp³-hybridized carbons (Fsp3) is 0.467. The fourth-order valence-electron chi connectivity index (χ4n) is 2.70. The Morgan fingerprint density at radius 1 is 1.30 bits per heavy atom. The molecule has 1 saturated heterocycles. The number of aryl methyl sites for hydroxylation is 1. The molecule has 1 fully saturated rings. The van der Waals surface area contributed by atoms with Crippen LogP contribution in [0, 0.1) is 0 Å². The van der Waals surface area contributed by atoms with Gasteiger partial charge in [0.1, 0.15) is 5.60 Å². The molecule has 1 aliphatic heterocycles. The van der Waals surface area contributed by atoms with E-state index in [9.17, 15) is 8.78 Å². The van der Waals surface area contributed by atoms with Gasteiger partial charge in [-0.25, -0.2) is 8.78 Å². The molecule has 0 spiro atoms. The number of alkyl halides is 2. The van der Waals surface area contributed by atoms with Crippen molar-refractivity contribution >= 4 is 12.6 Å². The summed E-state index contributed by atoms with van der Waals surface area (Å²) in [5.74, 6) is -2.23. The lowest BCUT2D eigenvalue weighted by molar-refractivity contribution is -0.0216. The average molecular weight is 278 g/mol. The highest BCUT2D eigenvalue weighted by Crippen LogP contribution is 2.39. The summed E-state index contributed by atoms with van der Waals surface area (Å²) in [6.45, 7) is 7.50. The molecule has 106 valence electrons. The van der Waals surface area contributed by atoms with Gasteiger partial charge in [-0.3, -0.25) is 0 Å². The number of hydrogen-bond acceptors (Lipinski definition) is 2. The van der Waals surface area contributed by atoms with Gasteiger partial charge >= 0.3 is 7.12 Å². The van der Waals surface area contributed by atoms with Crippen LogP contribution in [0.15, 0.2) is 30.5 Å². The highest BCUT2D eigenvalue weighted by molar-refractivity contribution is 6.62. The standard InChI is InChI=1S/C15H17BF2O2/c1-10-14(2,3)20-16(19-10)12-7-6-11-5-4-8-15(17,18)13(11)9-12/h6-7,9H,1,4-5,8H2,2-3H3. The monoisotopic (exact) mass is 278 g/mol. The van der Waals surface area contributed by atoms with Crippen LogP contribution >= 0.6 is 0 Å². The molecule has 0 amide bonds. The smallest absolute Gasteiger partial charge is 0.534 e. The van der Waals surface area contributed by atoms with Crippen LogP contribution < -0.4 is 5.46 Å². The minimum Gasteiger partial charge on any atom is -0.534 e. The minimum absolute atomic E-state index is 0.0893. The van der Waals surface area contributed by atoms with E-state index in [2.05, 4.69) is 6.58 Å². The lowest BCUT2D eigenvalue weighted by atomic mass is 9.75. The van der Waals surface area contributed by atoms with Crippen LogP contribution in [-0.2, 0) is 21.7 Å². The van der Waals surface area contributed by atoms with Gasteiger partial charge in [0.15, 0.2) is 0 Å². The Morgan fingerprint density at radius 2 is 2.05 bits per heavy atom. The lowest BCUT2D eigenvalue weighted by Crippen LogP contribution is -2.36. The summed E-state index contributed by atoms with van der Waals surface area (Å²) in [6.07, 6.45) is 1.14. The predicted molar refractivity (Wildman–Crippen MR) is 74.1 cm³/mol. The SMILES string of the molecule is C=C1OB(c2ccc3c(c2)C(F)(F)CCC3)OC1(C)C. The van der Waals surface area contributed by atoms with Crippen molar-refractivity contribution in [3.8, 4) is 0 Å². The molecule has 1 aromatic rings. The van der Waals surface area contributed by atoms with Crippen molar-refractivity contribution in [2.24, 2.45) is 0 Å². The summed E-state index contributed by atoms with van der Waals surface area (Å²) < 4.78 is 39.3. The van der Waals surface area contributed by atoms with Gasteiger partial charge < -0.3 is 9.31 Å². The molecule has 0 unspecified atom stereocenters. The van der Waals surface area contributed by atoms with E-state index in [0.29, 0.717) is 24.1 Å². The summed E-state index contributed by atoms with van der Waals surface area (Å²) in [6, 6.07) is 5.09. The van der Waals surface area contributed by atoms with Crippen LogP contribution in [0.3, 0.4) is 0 Å². The number of benzene rings is 1. The zero-order valence-electron chi connectivity index (χ0n) is 11.7. The second-order valence-electron chi connectivity index (χ2n) is 5.98. The fourth-order valence-corrected chi connectivity index (χ4v) is 2.70. The number of hydrogen-bond donors (Lipinski definition) is 0. The van der Waals surface area contributed by atoms with E-state index in [-0.39, 0.29) is 12.0 Å². The molecule has 0 saturated carbocycles. The first-order valence-corrected chi connectivity index (χ1v) is 6.84. The van der Waals surface area contributed by atoms with E-state index in [1.807, 2.05) is 13.8 Å². The van der Waals surface area contributed by atoms with Gasteiger partial charge in [-0.15, -0.1) is 0 Å². The van der Waals surface area contributed by atoms with Gasteiger partial charge in [-0.05, 0) is 37.7 Å². The highest BCUT2D eigenvalue weighted by Gasteiger charge is 2.44. The van der Waals surface area contributed by atoms with E-state index in [4.69, 9.17) is 9.31 Å². The van der Waals surface area contributed by atoms with Crippen LogP contribution in [0.2, 0.25) is 0 Å². The molecular weight excluding hydrogens is 261 g/mol. The molecule has 0 atom stereocenters. The van der Waals surface area contributed by atoms with Crippen molar-refractivity contribution in [3.05, 3.63) is 41.7 Å². The molecule has 2 aliphatic rings. The maximum absolute atomic E-state index is 14.0. The maximum atomic E-state index is 14.0. The molecule has 1 heterocycles. The quantitative estimate of drug-likeness (QED) is 0.735. The first-order valence-electron chi connectivity index (χ1n) is 6.84. The zero-order chi connectivity index (χ0) is 14.5. The van der Waals surface area contributed by atoms with E-state index < -0.39 is 18.6 Å². The second kappa shape index (κ2) is 4.32. The van der Waals surface area contributed by atoms with Gasteiger partial charge in [0.05, 0.1) is 5.76 Å². The molecular formula is C15H17BF2O2. The molecule has 0 bridgehead atoms. The molecule has 1 aromatic carbocycles. The Bertz CT molecular complexity index is 569. The summed E-state index contributed by atoms with van der Waals surface area (Å²) in [5, 5.41) is 0. The Morgan fingerprint density at radius 3 is 2.70 bits per heavy atom. The molecule has 3 rings (SSSR count). The van der Waals surface area contributed by atoms with Crippen molar-refractivity contribution in [3.63, 3.8) is 0 Å². The number of rotatable bonds is 1. The van der Waals surface area contributed by atoms with Crippen LogP contribution in [0.4, 0.5) is 8.78 Å². The molecule has 5 heteroatoms. The molecule has 0 N–H and O–H groups in total. The Hall–Kier alpha value is -1.36. The van der Waals surface area contributed by atoms with Crippen molar-refractivity contribution in [2.45, 2.75) is 44.6 Å². The van der Waals surface area contributed by atoms with Crippen molar-refractivity contribution < 1.29 is 18.1 Å². The zero-order valence-corrected chi connectivity index (χ0v) is 11.7. The van der Waals surface area contributed by atoms with Crippen LogP contribution in [0.25, 0.3) is 0 Å². The van der Waals surface area contributed by atoms with Crippen molar-refractivity contribution in [1.82, 2.24) is 0 Å². The van der Waals surface area contributed by atoms with E-state index in [1.165, 1.54) is 6.07 Å².